The van der Waals surface area contributed by atoms with Gasteiger partial charge in [-0.3, -0.25) is 9.88 Å². The summed E-state index contributed by atoms with van der Waals surface area (Å²) in [5.41, 5.74) is 3.07. The van der Waals surface area contributed by atoms with Gasteiger partial charge in [0.2, 0.25) is 0 Å². The van der Waals surface area contributed by atoms with E-state index in [1.807, 2.05) is 37.4 Å². The summed E-state index contributed by atoms with van der Waals surface area (Å²) in [7, 11) is 0. The largest absolute Gasteiger partial charge is 0.379 e. The third-order valence-corrected chi connectivity index (χ3v) is 5.18. The number of rotatable bonds is 5. The van der Waals surface area contributed by atoms with Crippen molar-refractivity contribution in [3.63, 3.8) is 0 Å². The number of nitrogens with one attached hydrogen (secondary N) is 2. The number of morpholine rings is 1. The Hall–Kier alpha value is -1.73. The summed E-state index contributed by atoms with van der Waals surface area (Å²) in [5, 5.41) is 7.88. The smallest absolute Gasteiger partial charge is 0.170 e. The van der Waals surface area contributed by atoms with E-state index in [9.17, 15) is 0 Å². The van der Waals surface area contributed by atoms with E-state index in [0.29, 0.717) is 11.7 Å². The topological polar surface area (TPSA) is 49.4 Å². The average molecular weight is 391 g/mol. The van der Waals surface area contributed by atoms with Crippen molar-refractivity contribution in [3.05, 3.63) is 58.9 Å². The van der Waals surface area contributed by atoms with Crippen molar-refractivity contribution in [2.75, 3.05) is 38.2 Å². The fourth-order valence-electron chi connectivity index (χ4n) is 3.02. The molecule has 1 aliphatic rings. The van der Waals surface area contributed by atoms with E-state index in [1.165, 1.54) is 5.56 Å². The standard InChI is InChI=1S/C19H23ClN4OS/c1-14-16(20)5-2-6-17(14)23-19(26)22-13-18(15-4-3-7-21-12-15)24-8-10-25-11-9-24/h2-7,12,18H,8-11,13H2,1H3,(H2,22,23,26)/t18-/m1/s1. The highest BCUT2D eigenvalue weighted by Crippen LogP contribution is 2.23. The molecule has 1 atom stereocenters. The number of aromatic nitrogens is 1. The van der Waals surface area contributed by atoms with E-state index < -0.39 is 0 Å². The molecule has 3 rings (SSSR count). The summed E-state index contributed by atoms with van der Waals surface area (Å²) in [4.78, 5) is 6.67. The van der Waals surface area contributed by atoms with E-state index in [2.05, 4.69) is 26.6 Å². The predicted octanol–water partition coefficient (Wildman–Crippen LogP) is 3.40. The second kappa shape index (κ2) is 9.28. The maximum absolute atomic E-state index is 6.18. The van der Waals surface area contributed by atoms with Crippen molar-refractivity contribution in [2.45, 2.75) is 13.0 Å². The zero-order valence-corrected chi connectivity index (χ0v) is 16.3. The van der Waals surface area contributed by atoms with E-state index in [4.69, 9.17) is 28.6 Å². The summed E-state index contributed by atoms with van der Waals surface area (Å²) in [6.07, 6.45) is 3.71. The number of thiocarbonyl (C=S) groups is 1. The van der Waals surface area contributed by atoms with Gasteiger partial charge in [-0.15, -0.1) is 0 Å². The van der Waals surface area contributed by atoms with Crippen LogP contribution in [0.3, 0.4) is 0 Å². The lowest BCUT2D eigenvalue weighted by atomic mass is 10.1. The minimum atomic E-state index is 0.188. The molecule has 26 heavy (non-hydrogen) atoms. The van der Waals surface area contributed by atoms with Gasteiger partial charge in [-0.05, 0) is 48.5 Å². The first kappa shape index (κ1) is 19.0. The van der Waals surface area contributed by atoms with Crippen LogP contribution in [0.15, 0.2) is 42.7 Å². The number of hydrogen-bond acceptors (Lipinski definition) is 4. The molecule has 138 valence electrons. The lowest BCUT2D eigenvalue weighted by Gasteiger charge is -2.35. The SMILES string of the molecule is Cc1c(Cl)cccc1NC(=S)NC[C@H](c1cccnc1)N1CCOCC1. The molecule has 2 N–H and O–H groups in total. The lowest BCUT2D eigenvalue weighted by molar-refractivity contribution is 0.0170. The molecule has 0 radical (unpaired) electrons. The minimum Gasteiger partial charge on any atom is -0.379 e. The van der Waals surface area contributed by atoms with Crippen molar-refractivity contribution in [1.29, 1.82) is 0 Å². The van der Waals surface area contributed by atoms with E-state index >= 15 is 0 Å². The lowest BCUT2D eigenvalue weighted by Crippen LogP contribution is -2.44. The van der Waals surface area contributed by atoms with Gasteiger partial charge in [0.05, 0.1) is 19.3 Å². The van der Waals surface area contributed by atoms with E-state index in [0.717, 1.165) is 42.6 Å². The van der Waals surface area contributed by atoms with Gasteiger partial charge < -0.3 is 15.4 Å². The Morgan fingerprint density at radius 1 is 1.31 bits per heavy atom. The van der Waals surface area contributed by atoms with Gasteiger partial charge in [-0.2, -0.15) is 0 Å². The third-order valence-electron chi connectivity index (χ3n) is 4.53. The third kappa shape index (κ3) is 4.92. The number of anilines is 1. The van der Waals surface area contributed by atoms with Crippen LogP contribution >= 0.6 is 23.8 Å². The number of benzene rings is 1. The fourth-order valence-corrected chi connectivity index (χ4v) is 3.39. The molecular formula is C19H23ClN4OS. The number of nitrogens with zero attached hydrogens (tertiary/aromatic N) is 2. The Labute approximate surface area is 164 Å². The highest BCUT2D eigenvalue weighted by atomic mass is 35.5. The average Bonchev–Trinajstić information content (AvgIpc) is 2.67. The van der Waals surface area contributed by atoms with Crippen LogP contribution in [-0.4, -0.2) is 47.8 Å². The highest BCUT2D eigenvalue weighted by Gasteiger charge is 2.23. The van der Waals surface area contributed by atoms with Crippen LogP contribution in [0.1, 0.15) is 17.2 Å². The normalized spacial score (nSPS) is 16.1. The van der Waals surface area contributed by atoms with Gasteiger partial charge in [-0.25, -0.2) is 0 Å². The molecule has 0 spiro atoms. The fraction of sp³-hybridized carbons (Fsp3) is 0.368. The molecule has 1 aliphatic heterocycles. The maximum Gasteiger partial charge on any atom is 0.170 e. The van der Waals surface area contributed by atoms with Crippen LogP contribution < -0.4 is 10.6 Å². The first-order chi connectivity index (χ1) is 12.6. The summed E-state index contributed by atoms with van der Waals surface area (Å²) in [6, 6.07) is 10.0. The van der Waals surface area contributed by atoms with Gasteiger partial charge in [-0.1, -0.05) is 23.7 Å². The zero-order valence-electron chi connectivity index (χ0n) is 14.7. The molecule has 1 aromatic carbocycles. The number of hydrogen-bond donors (Lipinski definition) is 2. The van der Waals surface area contributed by atoms with Gasteiger partial charge in [0, 0.05) is 42.7 Å². The molecule has 0 saturated carbocycles. The second-order valence-electron chi connectivity index (χ2n) is 6.20. The number of ether oxygens (including phenoxy) is 1. The molecule has 2 aromatic rings. The monoisotopic (exact) mass is 390 g/mol. The summed E-state index contributed by atoms with van der Waals surface area (Å²) in [5.74, 6) is 0. The Balaban J connectivity index is 1.65. The molecule has 1 saturated heterocycles. The maximum atomic E-state index is 6.18. The Morgan fingerprint density at radius 3 is 2.85 bits per heavy atom. The Morgan fingerprint density at radius 2 is 2.12 bits per heavy atom. The van der Waals surface area contributed by atoms with E-state index in [1.54, 1.807) is 6.20 Å². The number of halogens is 1. The van der Waals surface area contributed by atoms with Gasteiger partial charge in [0.1, 0.15) is 0 Å². The molecule has 0 amide bonds. The molecule has 0 unspecified atom stereocenters. The van der Waals surface area contributed by atoms with Gasteiger partial charge in [0.15, 0.2) is 5.11 Å². The van der Waals surface area contributed by atoms with Crippen LogP contribution in [0, 0.1) is 6.92 Å². The Kier molecular flexibility index (Phi) is 6.80. The van der Waals surface area contributed by atoms with Crippen LogP contribution in [0.25, 0.3) is 0 Å². The van der Waals surface area contributed by atoms with Crippen LogP contribution in [0.4, 0.5) is 5.69 Å². The molecule has 0 aliphatic carbocycles. The molecule has 1 aromatic heterocycles. The second-order valence-corrected chi connectivity index (χ2v) is 7.01. The van der Waals surface area contributed by atoms with Crippen LogP contribution in [0.5, 0.6) is 0 Å². The predicted molar refractivity (Wildman–Crippen MR) is 110 cm³/mol. The minimum absolute atomic E-state index is 0.188. The quantitative estimate of drug-likeness (QED) is 0.763. The van der Waals surface area contributed by atoms with E-state index in [-0.39, 0.29) is 6.04 Å². The van der Waals surface area contributed by atoms with Gasteiger partial charge >= 0.3 is 0 Å². The van der Waals surface area contributed by atoms with Crippen molar-refractivity contribution in [1.82, 2.24) is 15.2 Å². The first-order valence-electron chi connectivity index (χ1n) is 8.67. The molecule has 5 nitrogen and oxygen atoms in total. The molecular weight excluding hydrogens is 368 g/mol. The molecule has 2 heterocycles. The summed E-state index contributed by atoms with van der Waals surface area (Å²) < 4.78 is 5.49. The van der Waals surface area contributed by atoms with Crippen molar-refractivity contribution in [2.24, 2.45) is 0 Å². The molecule has 1 fully saturated rings. The van der Waals surface area contributed by atoms with Crippen molar-refractivity contribution in [3.8, 4) is 0 Å². The highest BCUT2D eigenvalue weighted by molar-refractivity contribution is 7.80. The Bertz CT molecular complexity index is 738. The summed E-state index contributed by atoms with van der Waals surface area (Å²) >= 11 is 11.7. The number of pyridine rings is 1. The molecule has 0 bridgehead atoms. The zero-order chi connectivity index (χ0) is 18.4. The first-order valence-corrected chi connectivity index (χ1v) is 9.45. The van der Waals surface area contributed by atoms with Gasteiger partial charge in [0.25, 0.3) is 0 Å². The molecule has 7 heteroatoms. The van der Waals surface area contributed by atoms with Crippen LogP contribution in [0.2, 0.25) is 5.02 Å². The van der Waals surface area contributed by atoms with Crippen LogP contribution in [-0.2, 0) is 4.74 Å². The van der Waals surface area contributed by atoms with Crippen molar-refractivity contribution >= 4 is 34.6 Å². The summed E-state index contributed by atoms with van der Waals surface area (Å²) in [6.45, 7) is 5.96. The van der Waals surface area contributed by atoms with Crippen molar-refractivity contribution < 1.29 is 4.74 Å².